The van der Waals surface area contributed by atoms with E-state index in [-0.39, 0.29) is 11.9 Å². The molecule has 0 bridgehead atoms. The van der Waals surface area contributed by atoms with Gasteiger partial charge in [-0.05, 0) is 43.4 Å². The van der Waals surface area contributed by atoms with E-state index in [1.165, 1.54) is 5.56 Å². The van der Waals surface area contributed by atoms with E-state index in [1.54, 1.807) is 18.4 Å². The summed E-state index contributed by atoms with van der Waals surface area (Å²) in [5.41, 5.74) is 1.38. The molecule has 0 N–H and O–H groups in total. The molecule has 1 aliphatic rings. The Kier molecular flexibility index (Phi) is 3.59. The highest BCUT2D eigenvalue weighted by Gasteiger charge is 2.30. The van der Waals surface area contributed by atoms with Crippen LogP contribution in [-0.4, -0.2) is 23.4 Å². The van der Waals surface area contributed by atoms with Gasteiger partial charge in [0.2, 0.25) is 0 Å². The van der Waals surface area contributed by atoms with Crippen LogP contribution in [0.25, 0.3) is 0 Å². The fourth-order valence-corrected chi connectivity index (χ4v) is 3.04. The first-order chi connectivity index (χ1) is 9.75. The molecule has 0 spiro atoms. The van der Waals surface area contributed by atoms with E-state index in [2.05, 4.69) is 31.2 Å². The second-order valence-electron chi connectivity index (χ2n) is 5.46. The molecule has 2 heterocycles. The third kappa shape index (κ3) is 2.48. The van der Waals surface area contributed by atoms with E-state index in [0.29, 0.717) is 11.7 Å². The van der Waals surface area contributed by atoms with Crippen LogP contribution in [0.3, 0.4) is 0 Å². The lowest BCUT2D eigenvalue weighted by Gasteiger charge is -2.37. The monoisotopic (exact) mass is 269 g/mol. The average molecular weight is 269 g/mol. The Hall–Kier alpha value is -2.03. The normalized spacial score (nSPS) is 22.8. The van der Waals surface area contributed by atoms with Gasteiger partial charge in [-0.25, -0.2) is 0 Å². The summed E-state index contributed by atoms with van der Waals surface area (Å²) in [6.45, 7) is 2.91. The minimum atomic E-state index is 0.00834. The molecule has 20 heavy (non-hydrogen) atoms. The number of hydrogen-bond donors (Lipinski definition) is 0. The minimum Gasteiger partial charge on any atom is -0.459 e. The number of benzene rings is 1. The van der Waals surface area contributed by atoms with Crippen LogP contribution in [0.1, 0.15) is 41.8 Å². The predicted molar refractivity (Wildman–Crippen MR) is 77.6 cm³/mol. The Morgan fingerprint density at radius 3 is 2.65 bits per heavy atom. The zero-order chi connectivity index (χ0) is 13.9. The Morgan fingerprint density at radius 2 is 2.00 bits per heavy atom. The third-order valence-corrected chi connectivity index (χ3v) is 4.14. The Bertz CT molecular complexity index is 562. The van der Waals surface area contributed by atoms with Gasteiger partial charge in [-0.2, -0.15) is 0 Å². The van der Waals surface area contributed by atoms with Gasteiger partial charge in [0.15, 0.2) is 5.76 Å². The van der Waals surface area contributed by atoms with Crippen LogP contribution in [0.15, 0.2) is 53.1 Å². The second kappa shape index (κ2) is 5.53. The van der Waals surface area contributed by atoms with Crippen molar-refractivity contribution in [2.24, 2.45) is 0 Å². The van der Waals surface area contributed by atoms with Crippen LogP contribution in [0.2, 0.25) is 0 Å². The van der Waals surface area contributed by atoms with Crippen molar-refractivity contribution in [3.8, 4) is 0 Å². The number of piperidine rings is 1. The van der Waals surface area contributed by atoms with E-state index in [1.807, 2.05) is 11.0 Å². The van der Waals surface area contributed by atoms with E-state index < -0.39 is 0 Å². The van der Waals surface area contributed by atoms with E-state index in [0.717, 1.165) is 19.4 Å². The molecule has 0 aliphatic carbocycles. The summed E-state index contributed by atoms with van der Waals surface area (Å²) < 4.78 is 5.22. The highest BCUT2D eigenvalue weighted by atomic mass is 16.3. The van der Waals surface area contributed by atoms with Crippen molar-refractivity contribution < 1.29 is 9.21 Å². The number of carbonyl (C=O) groups is 1. The predicted octanol–water partition coefficient (Wildman–Crippen LogP) is 3.69. The van der Waals surface area contributed by atoms with Crippen LogP contribution in [0.5, 0.6) is 0 Å². The fourth-order valence-electron chi connectivity index (χ4n) is 3.04. The average Bonchev–Trinajstić information content (AvgIpc) is 3.01. The summed E-state index contributed by atoms with van der Waals surface area (Å²) in [4.78, 5) is 14.3. The topological polar surface area (TPSA) is 33.5 Å². The van der Waals surface area contributed by atoms with Gasteiger partial charge >= 0.3 is 0 Å². The molecule has 2 atom stereocenters. The Morgan fingerprint density at radius 1 is 1.20 bits per heavy atom. The van der Waals surface area contributed by atoms with E-state index in [9.17, 15) is 4.79 Å². The first-order valence-electron chi connectivity index (χ1n) is 7.15. The smallest absolute Gasteiger partial charge is 0.289 e. The molecule has 3 rings (SSSR count). The van der Waals surface area contributed by atoms with Crippen LogP contribution < -0.4 is 0 Å². The molecular formula is C17H19NO2. The molecule has 1 aromatic carbocycles. The number of amides is 1. The fraction of sp³-hybridized carbons (Fsp3) is 0.353. The molecule has 1 aromatic heterocycles. The van der Waals surface area contributed by atoms with Crippen LogP contribution >= 0.6 is 0 Å². The van der Waals surface area contributed by atoms with Gasteiger partial charge in [-0.3, -0.25) is 4.79 Å². The molecule has 104 valence electrons. The molecule has 3 heteroatoms. The van der Waals surface area contributed by atoms with E-state index in [4.69, 9.17) is 4.42 Å². The minimum absolute atomic E-state index is 0.00834. The lowest BCUT2D eigenvalue weighted by Crippen LogP contribution is -2.44. The van der Waals surface area contributed by atoms with Gasteiger partial charge in [0.25, 0.3) is 5.91 Å². The molecule has 1 aliphatic heterocycles. The molecule has 0 saturated carbocycles. The number of carbonyl (C=O) groups excluding carboxylic acids is 1. The van der Waals surface area contributed by atoms with Crippen LogP contribution in [0.4, 0.5) is 0 Å². The number of likely N-dealkylation sites (tertiary alicyclic amines) is 1. The zero-order valence-electron chi connectivity index (χ0n) is 11.7. The lowest BCUT2D eigenvalue weighted by molar-refractivity contribution is 0.0583. The molecule has 3 nitrogen and oxygen atoms in total. The second-order valence-corrected chi connectivity index (χ2v) is 5.46. The Balaban J connectivity index is 1.70. The van der Waals surface area contributed by atoms with Crippen molar-refractivity contribution in [3.05, 3.63) is 60.1 Å². The van der Waals surface area contributed by atoms with Gasteiger partial charge in [0.05, 0.1) is 6.26 Å². The SMILES string of the molecule is C[C@@H]1C[C@H](c2ccccc2)CCN1C(=O)c1ccco1. The van der Waals surface area contributed by atoms with Crippen molar-refractivity contribution in [1.29, 1.82) is 0 Å². The van der Waals surface area contributed by atoms with Gasteiger partial charge in [0.1, 0.15) is 0 Å². The highest BCUT2D eigenvalue weighted by molar-refractivity contribution is 5.91. The summed E-state index contributed by atoms with van der Waals surface area (Å²) in [6, 6.07) is 14.3. The number of nitrogens with zero attached hydrogens (tertiary/aromatic N) is 1. The molecule has 0 unspecified atom stereocenters. The summed E-state index contributed by atoms with van der Waals surface area (Å²) in [7, 11) is 0. The van der Waals surface area contributed by atoms with Crippen molar-refractivity contribution in [1.82, 2.24) is 4.90 Å². The van der Waals surface area contributed by atoms with Gasteiger partial charge in [0, 0.05) is 12.6 Å². The number of rotatable bonds is 2. The van der Waals surface area contributed by atoms with Crippen molar-refractivity contribution in [3.63, 3.8) is 0 Å². The quantitative estimate of drug-likeness (QED) is 0.833. The van der Waals surface area contributed by atoms with Crippen molar-refractivity contribution >= 4 is 5.91 Å². The maximum atomic E-state index is 12.3. The van der Waals surface area contributed by atoms with Crippen LogP contribution in [0, 0.1) is 0 Å². The lowest BCUT2D eigenvalue weighted by atomic mass is 9.86. The van der Waals surface area contributed by atoms with Crippen molar-refractivity contribution in [2.75, 3.05) is 6.54 Å². The largest absolute Gasteiger partial charge is 0.459 e. The maximum Gasteiger partial charge on any atom is 0.289 e. The first kappa shape index (κ1) is 13.0. The number of furan rings is 1. The maximum absolute atomic E-state index is 12.3. The number of hydrogen-bond acceptors (Lipinski definition) is 2. The third-order valence-electron chi connectivity index (χ3n) is 4.14. The molecule has 1 amide bonds. The summed E-state index contributed by atoms with van der Waals surface area (Å²) in [5.74, 6) is 0.996. The molecule has 1 fully saturated rings. The van der Waals surface area contributed by atoms with Gasteiger partial charge in [-0.15, -0.1) is 0 Å². The first-order valence-corrected chi connectivity index (χ1v) is 7.15. The summed E-state index contributed by atoms with van der Waals surface area (Å²) in [5, 5.41) is 0. The standard InChI is InChI=1S/C17H19NO2/c1-13-12-15(14-6-3-2-4-7-14)9-10-18(13)17(19)16-8-5-11-20-16/h2-8,11,13,15H,9-10,12H2,1H3/t13-,15-/m1/s1. The van der Waals surface area contributed by atoms with Gasteiger partial charge in [-0.1, -0.05) is 30.3 Å². The van der Waals surface area contributed by atoms with Gasteiger partial charge < -0.3 is 9.32 Å². The molecule has 0 radical (unpaired) electrons. The highest BCUT2D eigenvalue weighted by Crippen LogP contribution is 2.32. The molecule has 2 aromatic rings. The summed E-state index contributed by atoms with van der Waals surface area (Å²) in [6.07, 6.45) is 3.58. The molecule has 1 saturated heterocycles. The van der Waals surface area contributed by atoms with Crippen molar-refractivity contribution in [2.45, 2.75) is 31.7 Å². The van der Waals surface area contributed by atoms with Crippen LogP contribution in [-0.2, 0) is 0 Å². The Labute approximate surface area is 119 Å². The summed E-state index contributed by atoms with van der Waals surface area (Å²) >= 11 is 0. The van der Waals surface area contributed by atoms with E-state index >= 15 is 0 Å². The zero-order valence-corrected chi connectivity index (χ0v) is 11.7. The molecular weight excluding hydrogens is 250 g/mol.